The number of ether oxygens (including phenoxy) is 1. The fourth-order valence-electron chi connectivity index (χ4n) is 5.40. The molecule has 7 heteroatoms. The van der Waals surface area contributed by atoms with Gasteiger partial charge < -0.3 is 20.9 Å². The summed E-state index contributed by atoms with van der Waals surface area (Å²) >= 11 is 0. The molecule has 0 aromatic rings. The molecule has 0 aromatic heterocycles. The van der Waals surface area contributed by atoms with Crippen LogP contribution in [0.4, 0.5) is 0 Å². The summed E-state index contributed by atoms with van der Waals surface area (Å²) in [5, 5.41) is 11.9. The highest BCUT2D eigenvalue weighted by Crippen LogP contribution is 2.13. The van der Waals surface area contributed by atoms with Crippen molar-refractivity contribution in [1.29, 1.82) is 0 Å². The van der Waals surface area contributed by atoms with Gasteiger partial charge in [0.2, 0.25) is 5.91 Å². The Labute approximate surface area is 317 Å². The van der Waals surface area contributed by atoms with E-state index < -0.39 is 12.0 Å². The summed E-state index contributed by atoms with van der Waals surface area (Å²) in [6.07, 6.45) is 51.2. The molecule has 0 aliphatic heterocycles. The summed E-state index contributed by atoms with van der Waals surface area (Å²) < 4.78 is 5.79. The minimum absolute atomic E-state index is 0.156. The highest BCUT2D eigenvalue weighted by molar-refractivity contribution is 5.83. The van der Waals surface area contributed by atoms with Crippen molar-refractivity contribution in [2.75, 3.05) is 6.54 Å². The summed E-state index contributed by atoms with van der Waals surface area (Å²) in [5.74, 6) is -1.42. The number of unbranched alkanes of at least 4 members (excludes halogenated alkanes) is 11. The highest BCUT2D eigenvalue weighted by atomic mass is 16.5. The average molecular weight is 723 g/mol. The predicted octanol–water partition coefficient (Wildman–Crippen LogP) is 11.3. The second-order valence-corrected chi connectivity index (χ2v) is 13.3. The largest absolute Gasteiger partial charge is 0.480 e. The fourth-order valence-corrected chi connectivity index (χ4v) is 5.40. The third kappa shape index (κ3) is 35.0. The summed E-state index contributed by atoms with van der Waals surface area (Å²) in [6.45, 7) is 4.66. The first-order chi connectivity index (χ1) is 25.4. The van der Waals surface area contributed by atoms with Gasteiger partial charge in [-0.1, -0.05) is 132 Å². The van der Waals surface area contributed by atoms with Crippen molar-refractivity contribution in [3.63, 3.8) is 0 Å². The number of carboxylic acids is 1. The molecule has 0 heterocycles. The van der Waals surface area contributed by atoms with Crippen LogP contribution in [0.15, 0.2) is 85.1 Å². The smallest absolute Gasteiger partial charge is 0.326 e. The molecule has 2 atom stereocenters. The quantitative estimate of drug-likeness (QED) is 0.0340. The number of carbonyl (C=O) groups excluding carboxylic acids is 2. The molecule has 0 spiro atoms. The second-order valence-electron chi connectivity index (χ2n) is 13.3. The van der Waals surface area contributed by atoms with Crippen LogP contribution < -0.4 is 11.1 Å². The number of aliphatic carboxylic acids is 1. The molecular formula is C45H74N2O5. The maximum atomic E-state index is 12.6. The van der Waals surface area contributed by atoms with Crippen molar-refractivity contribution in [3.05, 3.63) is 85.1 Å². The molecule has 2 unspecified atom stereocenters. The third-order valence-corrected chi connectivity index (χ3v) is 8.42. The zero-order chi connectivity index (χ0) is 38.2. The van der Waals surface area contributed by atoms with Crippen molar-refractivity contribution in [2.45, 2.75) is 174 Å². The van der Waals surface area contributed by atoms with E-state index >= 15 is 0 Å². The molecule has 4 N–H and O–H groups in total. The second kappa shape index (κ2) is 38.8. The zero-order valence-electron chi connectivity index (χ0n) is 32.9. The Morgan fingerprint density at radius 1 is 0.577 bits per heavy atom. The first-order valence-corrected chi connectivity index (χ1v) is 20.4. The van der Waals surface area contributed by atoms with E-state index in [1.54, 1.807) is 0 Å². The van der Waals surface area contributed by atoms with E-state index in [1.165, 1.54) is 32.1 Å². The molecule has 0 rings (SSSR count). The lowest BCUT2D eigenvalue weighted by molar-refractivity contribution is -0.145. The van der Waals surface area contributed by atoms with Gasteiger partial charge >= 0.3 is 11.9 Å². The summed E-state index contributed by atoms with van der Waals surface area (Å²) in [6, 6.07) is -0.878. The lowest BCUT2D eigenvalue weighted by atomic mass is 10.1. The molecule has 0 aliphatic rings. The van der Waals surface area contributed by atoms with E-state index in [0.29, 0.717) is 38.6 Å². The van der Waals surface area contributed by atoms with Crippen LogP contribution >= 0.6 is 0 Å². The van der Waals surface area contributed by atoms with Crippen molar-refractivity contribution in [1.82, 2.24) is 5.32 Å². The first-order valence-electron chi connectivity index (χ1n) is 20.4. The molecule has 0 aliphatic carbocycles. The van der Waals surface area contributed by atoms with Crippen LogP contribution in [0.5, 0.6) is 0 Å². The van der Waals surface area contributed by atoms with E-state index in [9.17, 15) is 19.5 Å². The number of nitrogens with two attached hydrogens (primary N) is 1. The summed E-state index contributed by atoms with van der Waals surface area (Å²) in [5.41, 5.74) is 5.46. The number of hydrogen-bond donors (Lipinski definition) is 3. The molecule has 0 saturated carbocycles. The maximum Gasteiger partial charge on any atom is 0.326 e. The standard InChI is InChI=1S/C45H74N2O5/c1-3-5-7-9-10-11-12-13-14-15-16-17-18-19-20-21-22-23-24-29-33-39-44(49)52-41(35-30-26-8-6-4-2)36-31-27-25-28-32-38-43(48)47-42(45(50)51)37-34-40-46/h5-8,10-11,13-14,16-17,30-31,35-36,41-42H,3-4,9,12,15,18-29,32-34,37-40,46H2,1-2H3,(H,47,48)(H,50,51)/b7-5-,8-6-,11-10-,14-13-,17-16-,35-30-,36-31-. The lowest BCUT2D eigenvalue weighted by Gasteiger charge is -2.13. The number of allylic oxidation sites excluding steroid dienone is 12. The molecule has 7 nitrogen and oxygen atoms in total. The number of carbonyl (C=O) groups is 3. The van der Waals surface area contributed by atoms with Crippen LogP contribution in [-0.4, -0.2) is 41.6 Å². The highest BCUT2D eigenvalue weighted by Gasteiger charge is 2.18. The van der Waals surface area contributed by atoms with Gasteiger partial charge in [0, 0.05) is 12.8 Å². The lowest BCUT2D eigenvalue weighted by Crippen LogP contribution is -2.40. The fraction of sp³-hybridized carbons (Fsp3) is 0.622. The van der Waals surface area contributed by atoms with Crippen molar-refractivity contribution >= 4 is 17.8 Å². The van der Waals surface area contributed by atoms with Crippen LogP contribution in [0.3, 0.4) is 0 Å². The molecule has 0 radical (unpaired) electrons. The molecule has 0 bridgehead atoms. The van der Waals surface area contributed by atoms with Crippen LogP contribution in [0.1, 0.15) is 162 Å². The third-order valence-electron chi connectivity index (χ3n) is 8.42. The number of carboxylic acid groups (broad SMARTS) is 1. The minimum atomic E-state index is -1.02. The van der Waals surface area contributed by atoms with Crippen molar-refractivity contribution < 1.29 is 24.2 Å². The summed E-state index contributed by atoms with van der Waals surface area (Å²) in [4.78, 5) is 36.1. The van der Waals surface area contributed by atoms with Crippen LogP contribution in [0.2, 0.25) is 0 Å². The number of esters is 1. The number of nitrogens with one attached hydrogen (secondary N) is 1. The summed E-state index contributed by atoms with van der Waals surface area (Å²) in [7, 11) is 0. The van der Waals surface area contributed by atoms with Gasteiger partial charge in [0.05, 0.1) is 0 Å². The normalized spacial score (nSPS) is 13.6. The predicted molar refractivity (Wildman–Crippen MR) is 220 cm³/mol. The first kappa shape index (κ1) is 48.5. The zero-order valence-corrected chi connectivity index (χ0v) is 32.9. The Kier molecular flexibility index (Phi) is 36.2. The minimum Gasteiger partial charge on any atom is -0.480 e. The van der Waals surface area contributed by atoms with Crippen LogP contribution in [-0.2, 0) is 19.1 Å². The molecule has 0 saturated heterocycles. The van der Waals surface area contributed by atoms with Crippen molar-refractivity contribution in [3.8, 4) is 0 Å². The van der Waals surface area contributed by atoms with Gasteiger partial charge in [-0.3, -0.25) is 9.59 Å². The average Bonchev–Trinajstić information content (AvgIpc) is 3.13. The van der Waals surface area contributed by atoms with E-state index in [-0.39, 0.29) is 18.0 Å². The Hall–Kier alpha value is -3.45. The number of hydrogen-bond acceptors (Lipinski definition) is 5. The van der Waals surface area contributed by atoms with Gasteiger partial charge in [-0.05, 0) is 109 Å². The molecule has 1 amide bonds. The molecule has 294 valence electrons. The van der Waals surface area contributed by atoms with Gasteiger partial charge in [0.1, 0.15) is 12.1 Å². The Morgan fingerprint density at radius 2 is 1.04 bits per heavy atom. The van der Waals surface area contributed by atoms with Gasteiger partial charge in [-0.15, -0.1) is 0 Å². The Balaban J connectivity index is 4.14. The monoisotopic (exact) mass is 723 g/mol. The van der Waals surface area contributed by atoms with Crippen LogP contribution in [0, 0.1) is 0 Å². The maximum absolute atomic E-state index is 12.6. The number of amides is 1. The van der Waals surface area contributed by atoms with Gasteiger partial charge in [-0.2, -0.15) is 0 Å². The molecule has 52 heavy (non-hydrogen) atoms. The molecular weight excluding hydrogens is 649 g/mol. The van der Waals surface area contributed by atoms with E-state index in [0.717, 1.165) is 83.5 Å². The van der Waals surface area contributed by atoms with Gasteiger partial charge in [-0.25, -0.2) is 4.79 Å². The topological polar surface area (TPSA) is 119 Å². The van der Waals surface area contributed by atoms with E-state index in [1.807, 2.05) is 24.3 Å². The van der Waals surface area contributed by atoms with Crippen molar-refractivity contribution in [2.24, 2.45) is 5.73 Å². The SMILES string of the molecule is CC/C=C\C/C=C\C/C=C\C/C=C\CCCCCCCCCCC(=O)OC(/C=C\C/C=C\CC)/C=C\CCCCCC(=O)NC(CCCN)C(=O)O. The van der Waals surface area contributed by atoms with E-state index in [2.05, 4.69) is 79.9 Å². The molecule has 0 fully saturated rings. The van der Waals surface area contributed by atoms with E-state index in [4.69, 9.17) is 10.5 Å². The van der Waals surface area contributed by atoms with Crippen LogP contribution in [0.25, 0.3) is 0 Å². The molecule has 0 aromatic carbocycles. The van der Waals surface area contributed by atoms with Gasteiger partial charge in [0.25, 0.3) is 0 Å². The Morgan fingerprint density at radius 3 is 1.62 bits per heavy atom. The van der Waals surface area contributed by atoms with Gasteiger partial charge in [0.15, 0.2) is 0 Å². The Bertz CT molecular complexity index is 1090. The number of rotatable bonds is 35.